The number of halogens is 2. The van der Waals surface area contributed by atoms with Gasteiger partial charge in [-0.15, -0.1) is 0 Å². The highest BCUT2D eigenvalue weighted by atomic mass is 35.5. The zero-order valence-electron chi connectivity index (χ0n) is 10.2. The highest BCUT2D eigenvalue weighted by Crippen LogP contribution is 2.32. The van der Waals surface area contributed by atoms with Crippen LogP contribution in [0, 0.1) is 15.9 Å². The second-order valence-electron chi connectivity index (χ2n) is 4.62. The largest absolute Gasteiger partial charge is 0.481 e. The summed E-state index contributed by atoms with van der Waals surface area (Å²) in [5.74, 6) is -1.97. The zero-order valence-corrected chi connectivity index (χ0v) is 11.0. The molecule has 0 spiro atoms. The first kappa shape index (κ1) is 15.2. The van der Waals surface area contributed by atoms with Crippen molar-refractivity contribution in [2.75, 3.05) is 5.32 Å². The number of nitro benzene ring substituents is 1. The smallest absolute Gasteiger partial charge is 0.305 e. The lowest BCUT2D eigenvalue weighted by atomic mass is 10.00. The Morgan fingerprint density at radius 2 is 2.16 bits per heavy atom. The van der Waals surface area contributed by atoms with Crippen LogP contribution in [0.5, 0.6) is 0 Å². The molecule has 0 radical (unpaired) electrons. The van der Waals surface area contributed by atoms with Gasteiger partial charge in [-0.1, -0.05) is 11.6 Å². The number of hydrogen-bond donors (Lipinski definition) is 2. The summed E-state index contributed by atoms with van der Waals surface area (Å²) in [6.07, 6.45) is -0.265. The number of aliphatic carboxylic acids is 1. The molecule has 0 saturated heterocycles. The summed E-state index contributed by atoms with van der Waals surface area (Å²) in [5.41, 5.74) is -1.47. The molecule has 1 rings (SSSR count). The lowest BCUT2D eigenvalue weighted by molar-refractivity contribution is -0.384. The monoisotopic (exact) mass is 290 g/mol. The van der Waals surface area contributed by atoms with Crippen molar-refractivity contribution in [2.24, 2.45) is 0 Å². The minimum Gasteiger partial charge on any atom is -0.481 e. The SMILES string of the molecule is CC(C)(CC(=O)O)Nc1cc(Cl)c(F)cc1[N+](=O)[O-]. The Balaban J connectivity index is 3.16. The van der Waals surface area contributed by atoms with Crippen LogP contribution in [-0.4, -0.2) is 21.5 Å². The van der Waals surface area contributed by atoms with Gasteiger partial charge in [-0.05, 0) is 19.9 Å². The fourth-order valence-corrected chi connectivity index (χ4v) is 1.74. The molecule has 0 fully saturated rings. The van der Waals surface area contributed by atoms with Crippen molar-refractivity contribution in [3.05, 3.63) is 33.1 Å². The van der Waals surface area contributed by atoms with Gasteiger partial charge in [0, 0.05) is 5.54 Å². The summed E-state index contributed by atoms with van der Waals surface area (Å²) in [4.78, 5) is 20.8. The molecule has 0 saturated carbocycles. The van der Waals surface area contributed by atoms with E-state index in [0.29, 0.717) is 6.07 Å². The van der Waals surface area contributed by atoms with Crippen LogP contribution in [0.4, 0.5) is 15.8 Å². The molecule has 2 N–H and O–H groups in total. The number of nitrogens with one attached hydrogen (secondary N) is 1. The van der Waals surface area contributed by atoms with E-state index in [-0.39, 0.29) is 17.1 Å². The molecule has 8 heteroatoms. The first-order valence-corrected chi connectivity index (χ1v) is 5.63. The van der Waals surface area contributed by atoms with Gasteiger partial charge in [-0.2, -0.15) is 0 Å². The van der Waals surface area contributed by atoms with Crippen molar-refractivity contribution in [3.63, 3.8) is 0 Å². The van der Waals surface area contributed by atoms with Gasteiger partial charge in [0.05, 0.1) is 22.4 Å². The average Bonchev–Trinajstić information content (AvgIpc) is 2.19. The van der Waals surface area contributed by atoms with Crippen LogP contribution in [0.25, 0.3) is 0 Å². The van der Waals surface area contributed by atoms with E-state index >= 15 is 0 Å². The Kier molecular flexibility index (Phi) is 4.31. The van der Waals surface area contributed by atoms with Crippen LogP contribution < -0.4 is 5.32 Å². The third-order valence-corrected chi connectivity index (χ3v) is 2.59. The number of carboxylic acid groups (broad SMARTS) is 1. The van der Waals surface area contributed by atoms with Gasteiger partial charge in [0.15, 0.2) is 0 Å². The number of nitrogens with zero attached hydrogens (tertiary/aromatic N) is 1. The van der Waals surface area contributed by atoms with Gasteiger partial charge in [-0.25, -0.2) is 4.39 Å². The fraction of sp³-hybridized carbons (Fsp3) is 0.364. The average molecular weight is 291 g/mol. The number of rotatable bonds is 5. The first-order chi connectivity index (χ1) is 8.62. The Bertz CT molecular complexity index is 534. The van der Waals surface area contributed by atoms with E-state index in [2.05, 4.69) is 5.32 Å². The van der Waals surface area contributed by atoms with E-state index in [0.717, 1.165) is 6.07 Å². The number of hydrogen-bond acceptors (Lipinski definition) is 4. The topological polar surface area (TPSA) is 92.5 Å². The Labute approximate surface area is 113 Å². The Hall–Kier alpha value is -1.89. The fourth-order valence-electron chi connectivity index (χ4n) is 1.57. The molecular weight excluding hydrogens is 279 g/mol. The molecule has 19 heavy (non-hydrogen) atoms. The molecule has 1 aromatic rings. The maximum absolute atomic E-state index is 13.2. The van der Waals surface area contributed by atoms with E-state index < -0.39 is 27.9 Å². The van der Waals surface area contributed by atoms with Crippen LogP contribution in [0.2, 0.25) is 5.02 Å². The van der Waals surface area contributed by atoms with Crippen LogP contribution in [0.1, 0.15) is 20.3 Å². The van der Waals surface area contributed by atoms with Crippen molar-refractivity contribution < 1.29 is 19.2 Å². The molecule has 6 nitrogen and oxygen atoms in total. The summed E-state index contributed by atoms with van der Waals surface area (Å²) in [7, 11) is 0. The van der Waals surface area contributed by atoms with Crippen molar-refractivity contribution in [1.82, 2.24) is 0 Å². The zero-order chi connectivity index (χ0) is 14.8. The number of anilines is 1. The third-order valence-electron chi connectivity index (χ3n) is 2.30. The lowest BCUT2D eigenvalue weighted by Gasteiger charge is -2.25. The van der Waals surface area contributed by atoms with Crippen molar-refractivity contribution >= 4 is 28.9 Å². The molecule has 0 aliphatic heterocycles. The summed E-state index contributed by atoms with van der Waals surface area (Å²) in [6, 6.07) is 1.76. The van der Waals surface area contributed by atoms with Gasteiger partial charge in [-0.3, -0.25) is 14.9 Å². The van der Waals surface area contributed by atoms with Gasteiger partial charge in [0.25, 0.3) is 5.69 Å². The van der Waals surface area contributed by atoms with E-state index in [1.165, 1.54) is 0 Å². The molecule has 0 aliphatic carbocycles. The number of nitro groups is 1. The van der Waals surface area contributed by atoms with Gasteiger partial charge in [0.1, 0.15) is 11.5 Å². The van der Waals surface area contributed by atoms with E-state index in [4.69, 9.17) is 16.7 Å². The van der Waals surface area contributed by atoms with Crippen LogP contribution in [0.15, 0.2) is 12.1 Å². The Morgan fingerprint density at radius 1 is 1.58 bits per heavy atom. The second-order valence-corrected chi connectivity index (χ2v) is 5.03. The molecule has 0 aromatic heterocycles. The van der Waals surface area contributed by atoms with Crippen LogP contribution >= 0.6 is 11.6 Å². The van der Waals surface area contributed by atoms with Gasteiger partial charge >= 0.3 is 5.97 Å². The summed E-state index contributed by atoms with van der Waals surface area (Å²) < 4.78 is 13.2. The summed E-state index contributed by atoms with van der Waals surface area (Å²) >= 11 is 5.57. The number of carboxylic acids is 1. The predicted molar refractivity (Wildman–Crippen MR) is 68.0 cm³/mol. The minimum atomic E-state index is -1.06. The predicted octanol–water partition coefficient (Wildman–Crippen LogP) is 3.05. The van der Waals surface area contributed by atoms with Crippen molar-refractivity contribution in [3.8, 4) is 0 Å². The molecule has 0 atom stereocenters. The Morgan fingerprint density at radius 3 is 2.63 bits per heavy atom. The van der Waals surface area contributed by atoms with Gasteiger partial charge in [0.2, 0.25) is 0 Å². The van der Waals surface area contributed by atoms with E-state index in [9.17, 15) is 19.3 Å². The number of carbonyl (C=O) groups is 1. The molecular formula is C11H12ClFN2O4. The molecule has 0 amide bonds. The van der Waals surface area contributed by atoms with E-state index in [1.54, 1.807) is 13.8 Å². The highest BCUT2D eigenvalue weighted by molar-refractivity contribution is 6.31. The van der Waals surface area contributed by atoms with Crippen molar-refractivity contribution in [1.29, 1.82) is 0 Å². The molecule has 0 aliphatic rings. The standard InChI is InChI=1S/C11H12ClFN2O4/c1-11(2,5-10(16)17)14-8-3-6(12)7(13)4-9(8)15(18)19/h3-4,14H,5H2,1-2H3,(H,16,17). The second kappa shape index (κ2) is 5.40. The summed E-state index contributed by atoms with van der Waals surface area (Å²) in [6.45, 7) is 3.12. The molecule has 1 aromatic carbocycles. The van der Waals surface area contributed by atoms with Gasteiger partial charge < -0.3 is 10.4 Å². The maximum atomic E-state index is 13.2. The molecule has 104 valence electrons. The lowest BCUT2D eigenvalue weighted by Crippen LogP contribution is -2.33. The quantitative estimate of drug-likeness (QED) is 0.642. The van der Waals surface area contributed by atoms with E-state index in [1.807, 2.05) is 0 Å². The maximum Gasteiger partial charge on any atom is 0.305 e. The van der Waals surface area contributed by atoms with Crippen LogP contribution in [-0.2, 0) is 4.79 Å². The molecule has 0 heterocycles. The molecule has 0 unspecified atom stereocenters. The third kappa shape index (κ3) is 4.06. The van der Waals surface area contributed by atoms with Crippen LogP contribution in [0.3, 0.4) is 0 Å². The highest BCUT2D eigenvalue weighted by Gasteiger charge is 2.26. The van der Waals surface area contributed by atoms with Crippen molar-refractivity contribution in [2.45, 2.75) is 25.8 Å². The molecule has 0 bridgehead atoms. The number of benzene rings is 1. The first-order valence-electron chi connectivity index (χ1n) is 5.26. The summed E-state index contributed by atoms with van der Waals surface area (Å²) in [5, 5.41) is 22.0. The minimum absolute atomic E-state index is 0.0253. The normalized spacial score (nSPS) is 11.2.